The number of phenols is 1. The summed E-state index contributed by atoms with van der Waals surface area (Å²) in [6, 6.07) is 8.18. The number of halogens is 3. The van der Waals surface area contributed by atoms with Gasteiger partial charge in [-0.15, -0.1) is 12.4 Å². The number of ether oxygens (including phenoxy) is 1. The lowest BCUT2D eigenvalue weighted by Gasteiger charge is -2.14. The Morgan fingerprint density at radius 1 is 1.10 bits per heavy atom. The molecule has 29 heavy (non-hydrogen) atoms. The first-order chi connectivity index (χ1) is 13.2. The van der Waals surface area contributed by atoms with Crippen LogP contribution >= 0.6 is 35.6 Å². The lowest BCUT2D eigenvalue weighted by atomic mass is 10.1. The van der Waals surface area contributed by atoms with E-state index in [9.17, 15) is 19.5 Å². The zero-order valence-corrected chi connectivity index (χ0v) is 17.8. The van der Waals surface area contributed by atoms with Crippen LogP contribution in [0.5, 0.6) is 5.75 Å². The summed E-state index contributed by atoms with van der Waals surface area (Å²) in [6.45, 7) is 1.64. The topological polar surface area (TPSA) is 105 Å². The number of aromatic hydroxyl groups is 1. The monoisotopic (exact) mass is 460 g/mol. The molecule has 0 aliphatic rings. The molecule has 156 valence electrons. The Morgan fingerprint density at radius 3 is 2.28 bits per heavy atom. The molecule has 0 bridgehead atoms. The molecule has 0 aromatic heterocycles. The van der Waals surface area contributed by atoms with Crippen molar-refractivity contribution in [3.63, 3.8) is 0 Å². The summed E-state index contributed by atoms with van der Waals surface area (Å²) < 4.78 is 4.54. The quantitative estimate of drug-likeness (QED) is 0.572. The maximum absolute atomic E-state index is 12.3. The molecular weight excluding hydrogens is 443 g/mol. The van der Waals surface area contributed by atoms with E-state index in [-0.39, 0.29) is 45.9 Å². The molecule has 3 N–H and O–H groups in total. The van der Waals surface area contributed by atoms with Gasteiger partial charge in [-0.05, 0) is 36.8 Å². The maximum Gasteiger partial charge on any atom is 0.328 e. The highest BCUT2D eigenvalue weighted by molar-refractivity contribution is 6.40. The van der Waals surface area contributed by atoms with Crippen molar-refractivity contribution in [3.8, 4) is 5.75 Å². The molecule has 2 rings (SSSR count). The van der Waals surface area contributed by atoms with Crippen molar-refractivity contribution in [1.82, 2.24) is 10.6 Å². The standard InChI is InChI=1S/C19H18Cl2N2O5.ClH/c1-10(19(27)28-2)23-18(26)16-14(20)7-12(8-15(16)21)17(25)22-9-11-4-3-5-13(24)6-11;/h3-8,10,24H,9H2,1-2H3,(H,22,25)(H,23,26);1H/t10-;/m0./s1. The third-order valence-corrected chi connectivity index (χ3v) is 4.39. The van der Waals surface area contributed by atoms with Crippen LogP contribution in [0, 0.1) is 0 Å². The highest BCUT2D eigenvalue weighted by atomic mass is 35.5. The predicted molar refractivity (Wildman–Crippen MR) is 112 cm³/mol. The molecule has 0 radical (unpaired) electrons. The van der Waals surface area contributed by atoms with Gasteiger partial charge < -0.3 is 20.5 Å². The first-order valence-electron chi connectivity index (χ1n) is 8.16. The lowest BCUT2D eigenvalue weighted by Crippen LogP contribution is -2.39. The largest absolute Gasteiger partial charge is 0.508 e. The molecule has 7 nitrogen and oxygen atoms in total. The number of methoxy groups -OCH3 is 1. The second kappa shape index (κ2) is 10.9. The second-order valence-corrected chi connectivity index (χ2v) is 6.70. The molecule has 0 unspecified atom stereocenters. The van der Waals surface area contributed by atoms with Crippen LogP contribution in [0.3, 0.4) is 0 Å². The number of benzene rings is 2. The van der Waals surface area contributed by atoms with Crippen LogP contribution in [-0.2, 0) is 16.1 Å². The van der Waals surface area contributed by atoms with E-state index in [1.165, 1.54) is 38.3 Å². The fraction of sp³-hybridized carbons (Fsp3) is 0.211. The first kappa shape index (κ1) is 24.6. The molecule has 0 fully saturated rings. The molecule has 0 aliphatic heterocycles. The van der Waals surface area contributed by atoms with Crippen molar-refractivity contribution >= 4 is 53.4 Å². The fourth-order valence-corrected chi connectivity index (χ4v) is 3.04. The highest BCUT2D eigenvalue weighted by Gasteiger charge is 2.22. The minimum atomic E-state index is -0.894. The van der Waals surface area contributed by atoms with E-state index in [1.807, 2.05) is 0 Å². The Balaban J connectivity index is 0.00000420. The van der Waals surface area contributed by atoms with E-state index in [0.717, 1.165) is 0 Å². The summed E-state index contributed by atoms with van der Waals surface area (Å²) in [5, 5.41) is 14.5. The molecule has 0 aliphatic carbocycles. The SMILES string of the molecule is COC(=O)[C@H](C)NC(=O)c1c(Cl)cc(C(=O)NCc2cccc(O)c2)cc1Cl.Cl. The number of hydrogen-bond donors (Lipinski definition) is 3. The fourth-order valence-electron chi connectivity index (χ4n) is 2.38. The van der Waals surface area contributed by atoms with Crippen molar-refractivity contribution < 1.29 is 24.2 Å². The van der Waals surface area contributed by atoms with Crippen molar-refractivity contribution in [2.24, 2.45) is 0 Å². The zero-order valence-electron chi connectivity index (χ0n) is 15.5. The molecule has 2 aromatic carbocycles. The molecular formula is C19H19Cl3N2O5. The molecule has 0 saturated carbocycles. The molecule has 1 atom stereocenters. The summed E-state index contributed by atoms with van der Waals surface area (Å²) in [5.41, 5.74) is 0.815. The van der Waals surface area contributed by atoms with Gasteiger partial charge in [-0.2, -0.15) is 0 Å². The Bertz CT molecular complexity index is 897. The summed E-state index contributed by atoms with van der Waals surface area (Å²) in [7, 11) is 1.20. The van der Waals surface area contributed by atoms with E-state index >= 15 is 0 Å². The van der Waals surface area contributed by atoms with Crippen molar-refractivity contribution in [2.45, 2.75) is 19.5 Å². The number of hydrogen-bond acceptors (Lipinski definition) is 5. The van der Waals surface area contributed by atoms with Gasteiger partial charge in [0.1, 0.15) is 11.8 Å². The van der Waals surface area contributed by atoms with Gasteiger partial charge in [0.15, 0.2) is 0 Å². The predicted octanol–water partition coefficient (Wildman–Crippen LogP) is 3.34. The number of nitrogens with one attached hydrogen (secondary N) is 2. The Labute approximate surface area is 183 Å². The normalized spacial score (nSPS) is 11.0. The van der Waals surface area contributed by atoms with Crippen LogP contribution in [-0.4, -0.2) is 36.0 Å². The summed E-state index contributed by atoms with van der Waals surface area (Å²) in [5.74, 6) is -1.65. The summed E-state index contributed by atoms with van der Waals surface area (Å²) in [6.07, 6.45) is 0. The number of rotatable bonds is 6. The van der Waals surface area contributed by atoms with Crippen LogP contribution in [0.25, 0.3) is 0 Å². The Hall–Kier alpha value is -2.48. The number of amides is 2. The third kappa shape index (κ3) is 6.52. The molecule has 10 heteroatoms. The van der Waals surface area contributed by atoms with E-state index in [4.69, 9.17) is 23.2 Å². The summed E-state index contributed by atoms with van der Waals surface area (Å²) in [4.78, 5) is 36.1. The van der Waals surface area contributed by atoms with Gasteiger partial charge in [0.05, 0.1) is 22.7 Å². The van der Waals surface area contributed by atoms with Gasteiger partial charge in [-0.1, -0.05) is 35.3 Å². The maximum atomic E-state index is 12.3. The Morgan fingerprint density at radius 2 is 1.72 bits per heavy atom. The van der Waals surface area contributed by atoms with E-state index in [1.54, 1.807) is 12.1 Å². The van der Waals surface area contributed by atoms with Crippen LogP contribution in [0.4, 0.5) is 0 Å². The van der Waals surface area contributed by atoms with Gasteiger partial charge in [-0.25, -0.2) is 4.79 Å². The van der Waals surface area contributed by atoms with Gasteiger partial charge in [0.2, 0.25) is 0 Å². The van der Waals surface area contributed by atoms with Crippen LogP contribution in [0.1, 0.15) is 33.2 Å². The van der Waals surface area contributed by atoms with Crippen molar-refractivity contribution in [1.29, 1.82) is 0 Å². The minimum Gasteiger partial charge on any atom is -0.508 e. The van der Waals surface area contributed by atoms with E-state index in [2.05, 4.69) is 15.4 Å². The Kier molecular flexibility index (Phi) is 9.23. The molecule has 0 heterocycles. The molecule has 0 spiro atoms. The molecule has 2 aromatic rings. The van der Waals surface area contributed by atoms with Gasteiger partial charge in [0.25, 0.3) is 11.8 Å². The average molecular weight is 462 g/mol. The lowest BCUT2D eigenvalue weighted by molar-refractivity contribution is -0.142. The van der Waals surface area contributed by atoms with Crippen molar-refractivity contribution in [3.05, 3.63) is 63.1 Å². The minimum absolute atomic E-state index is 0. The average Bonchev–Trinajstić information content (AvgIpc) is 2.64. The number of carbonyl (C=O) groups excluding carboxylic acids is 3. The van der Waals surface area contributed by atoms with Gasteiger partial charge in [-0.3, -0.25) is 9.59 Å². The second-order valence-electron chi connectivity index (χ2n) is 5.89. The third-order valence-electron chi connectivity index (χ3n) is 3.80. The van der Waals surface area contributed by atoms with E-state index < -0.39 is 23.8 Å². The zero-order chi connectivity index (χ0) is 20.8. The van der Waals surface area contributed by atoms with Gasteiger partial charge >= 0.3 is 5.97 Å². The van der Waals surface area contributed by atoms with Crippen LogP contribution in [0.2, 0.25) is 10.0 Å². The highest BCUT2D eigenvalue weighted by Crippen LogP contribution is 2.27. The smallest absolute Gasteiger partial charge is 0.328 e. The van der Waals surface area contributed by atoms with E-state index in [0.29, 0.717) is 5.56 Å². The molecule has 0 saturated heterocycles. The number of phenolic OH excluding ortho intramolecular Hbond substituents is 1. The van der Waals surface area contributed by atoms with Gasteiger partial charge in [0, 0.05) is 12.1 Å². The molecule has 2 amide bonds. The first-order valence-corrected chi connectivity index (χ1v) is 8.92. The summed E-state index contributed by atoms with van der Waals surface area (Å²) >= 11 is 12.3. The van der Waals surface area contributed by atoms with Crippen molar-refractivity contribution in [2.75, 3.05) is 7.11 Å². The van der Waals surface area contributed by atoms with Crippen LogP contribution < -0.4 is 10.6 Å². The van der Waals surface area contributed by atoms with Crippen LogP contribution in [0.15, 0.2) is 36.4 Å². The number of esters is 1. The number of carbonyl (C=O) groups is 3.